The third-order valence-electron chi connectivity index (χ3n) is 5.60. The number of amides is 1. The van der Waals surface area contributed by atoms with E-state index in [1.807, 2.05) is 0 Å². The topological polar surface area (TPSA) is 126 Å². The maximum Gasteiger partial charge on any atom is 0.351 e. The Morgan fingerprint density at radius 3 is 2.21 bits per heavy atom. The van der Waals surface area contributed by atoms with E-state index in [2.05, 4.69) is 10.3 Å². The average Bonchev–Trinajstić information content (AvgIpc) is 2.89. The van der Waals surface area contributed by atoms with Gasteiger partial charge in [-0.2, -0.15) is 4.98 Å². The quantitative estimate of drug-likeness (QED) is 0.465. The van der Waals surface area contributed by atoms with Gasteiger partial charge in [0.15, 0.2) is 0 Å². The van der Waals surface area contributed by atoms with Crippen LogP contribution in [0.2, 0.25) is 0 Å². The lowest BCUT2D eigenvalue weighted by atomic mass is 10.00. The summed E-state index contributed by atoms with van der Waals surface area (Å²) in [5.74, 6) is -5.93. The summed E-state index contributed by atoms with van der Waals surface area (Å²) in [4.78, 5) is 52.4. The number of nitrogens with one attached hydrogen (secondary N) is 1. The van der Waals surface area contributed by atoms with Gasteiger partial charge in [-0.05, 0) is 30.3 Å². The van der Waals surface area contributed by atoms with E-state index >= 15 is 8.78 Å². The number of aromatic nitrogens is 2. The van der Waals surface area contributed by atoms with Gasteiger partial charge in [0.1, 0.15) is 24.6 Å². The van der Waals surface area contributed by atoms with Crippen LogP contribution < -0.4 is 11.0 Å². The lowest BCUT2D eigenvalue weighted by Gasteiger charge is -2.40. The molecule has 0 radical (unpaired) electrons. The second kappa shape index (κ2) is 11.3. The number of halogens is 2. The van der Waals surface area contributed by atoms with Crippen molar-refractivity contribution in [2.24, 2.45) is 0 Å². The number of rotatable bonds is 7. The molecule has 0 bridgehead atoms. The summed E-state index contributed by atoms with van der Waals surface area (Å²) in [7, 11) is 0. The predicted octanol–water partition coefficient (Wildman–Crippen LogP) is 3.21. The number of hydrogen-bond donors (Lipinski definition) is 1. The van der Waals surface area contributed by atoms with Gasteiger partial charge in [-0.1, -0.05) is 36.4 Å². The standard InChI is InChI=1S/C26H23F2N3O7/c1-16(32)29-21-12-13-31(25(35)30-21)24-26(27,28)14-19(37-23(34)18-10-6-3-7-11-18)20(38-24)15-36-22(33)17-8-4-2-5-9-17/h2-13,19-20,24H,14-15H2,1H3,(H,29,30,32,35)/t19-,20+,24-/m0/s1. The minimum absolute atomic E-state index is 0.124. The SMILES string of the molecule is CC(=O)Nc1ccn([C@H]2O[C@H](COC(=O)c3ccccc3)[C@@H](OC(=O)c3ccccc3)CC2(F)F)c(=O)n1. The van der Waals surface area contributed by atoms with Crippen molar-refractivity contribution >= 4 is 23.7 Å². The molecule has 1 aromatic heterocycles. The average molecular weight is 527 g/mol. The van der Waals surface area contributed by atoms with E-state index in [1.165, 1.54) is 31.2 Å². The molecular formula is C26H23F2N3O7. The van der Waals surface area contributed by atoms with Gasteiger partial charge in [-0.25, -0.2) is 23.2 Å². The zero-order valence-corrected chi connectivity index (χ0v) is 20.1. The number of anilines is 1. The summed E-state index contributed by atoms with van der Waals surface area (Å²) in [6, 6.07) is 16.9. The van der Waals surface area contributed by atoms with Gasteiger partial charge >= 0.3 is 17.6 Å². The first-order valence-electron chi connectivity index (χ1n) is 11.5. The van der Waals surface area contributed by atoms with E-state index in [-0.39, 0.29) is 16.9 Å². The lowest BCUT2D eigenvalue weighted by molar-refractivity contribution is -0.268. The molecule has 4 rings (SSSR count). The van der Waals surface area contributed by atoms with Crippen LogP contribution in [0.1, 0.15) is 40.3 Å². The highest BCUT2D eigenvalue weighted by Gasteiger charge is 2.53. The minimum Gasteiger partial charge on any atom is -0.459 e. The second-order valence-corrected chi connectivity index (χ2v) is 8.45. The van der Waals surface area contributed by atoms with Gasteiger partial charge in [0.25, 0.3) is 5.92 Å². The smallest absolute Gasteiger partial charge is 0.351 e. The first-order chi connectivity index (χ1) is 18.1. The third-order valence-corrected chi connectivity index (χ3v) is 5.60. The molecule has 0 aliphatic carbocycles. The first-order valence-corrected chi connectivity index (χ1v) is 11.5. The molecule has 2 aromatic carbocycles. The van der Waals surface area contributed by atoms with Gasteiger partial charge in [-0.3, -0.25) is 9.36 Å². The number of hydrogen-bond acceptors (Lipinski definition) is 8. The summed E-state index contributed by atoms with van der Waals surface area (Å²) in [6.07, 6.45) is -5.03. The van der Waals surface area contributed by atoms with Crippen molar-refractivity contribution in [3.63, 3.8) is 0 Å². The Balaban J connectivity index is 1.59. The third kappa shape index (κ3) is 6.27. The molecule has 12 heteroatoms. The largest absolute Gasteiger partial charge is 0.459 e. The Morgan fingerprint density at radius 2 is 1.63 bits per heavy atom. The number of ether oxygens (including phenoxy) is 3. The molecule has 198 valence electrons. The molecule has 1 N–H and O–H groups in total. The van der Waals surface area contributed by atoms with Gasteiger partial charge in [0.2, 0.25) is 12.1 Å². The molecule has 3 atom stereocenters. The molecule has 1 saturated heterocycles. The number of nitrogens with zero attached hydrogens (tertiary/aromatic N) is 2. The van der Waals surface area contributed by atoms with Crippen molar-refractivity contribution in [1.82, 2.24) is 9.55 Å². The van der Waals surface area contributed by atoms with Gasteiger partial charge < -0.3 is 19.5 Å². The number of benzene rings is 2. The fraction of sp³-hybridized carbons (Fsp3) is 0.269. The Labute approximate surface area is 215 Å². The number of carbonyl (C=O) groups excluding carboxylic acids is 3. The zero-order valence-electron chi connectivity index (χ0n) is 20.1. The normalized spacial score (nSPS) is 20.2. The van der Waals surface area contributed by atoms with Crippen LogP contribution in [0, 0.1) is 0 Å². The van der Waals surface area contributed by atoms with E-state index in [0.717, 1.165) is 12.3 Å². The van der Waals surface area contributed by atoms with Crippen molar-refractivity contribution in [3.8, 4) is 0 Å². The van der Waals surface area contributed by atoms with Crippen LogP contribution in [-0.2, 0) is 19.0 Å². The van der Waals surface area contributed by atoms with Crippen molar-refractivity contribution in [3.05, 3.63) is 94.5 Å². The Hall–Kier alpha value is -4.45. The summed E-state index contributed by atoms with van der Waals surface area (Å²) in [5.41, 5.74) is -0.760. The molecule has 0 unspecified atom stereocenters. The molecule has 3 aromatic rings. The van der Waals surface area contributed by atoms with E-state index in [4.69, 9.17) is 14.2 Å². The molecular weight excluding hydrogens is 504 g/mol. The molecule has 1 fully saturated rings. The molecule has 38 heavy (non-hydrogen) atoms. The van der Waals surface area contributed by atoms with E-state index < -0.39 is 60.9 Å². The van der Waals surface area contributed by atoms with Crippen LogP contribution in [0.3, 0.4) is 0 Å². The van der Waals surface area contributed by atoms with Crippen LogP contribution in [0.15, 0.2) is 77.7 Å². The van der Waals surface area contributed by atoms with Crippen molar-refractivity contribution in [2.45, 2.75) is 37.7 Å². The molecule has 0 spiro atoms. The van der Waals surface area contributed by atoms with Crippen molar-refractivity contribution in [2.75, 3.05) is 11.9 Å². The van der Waals surface area contributed by atoms with E-state index in [1.54, 1.807) is 36.4 Å². The molecule has 10 nitrogen and oxygen atoms in total. The fourth-order valence-electron chi connectivity index (χ4n) is 3.82. The molecule has 1 aliphatic heterocycles. The van der Waals surface area contributed by atoms with Crippen LogP contribution in [0.5, 0.6) is 0 Å². The van der Waals surface area contributed by atoms with Crippen molar-refractivity contribution < 1.29 is 37.4 Å². The Bertz CT molecular complexity index is 1370. The lowest BCUT2D eigenvalue weighted by Crippen LogP contribution is -2.53. The number of esters is 2. The van der Waals surface area contributed by atoms with Crippen LogP contribution >= 0.6 is 0 Å². The minimum atomic E-state index is -3.69. The van der Waals surface area contributed by atoms with E-state index in [9.17, 15) is 19.2 Å². The second-order valence-electron chi connectivity index (χ2n) is 8.45. The number of alkyl halides is 2. The van der Waals surface area contributed by atoms with E-state index in [0.29, 0.717) is 4.57 Å². The fourth-order valence-corrected chi connectivity index (χ4v) is 3.82. The van der Waals surface area contributed by atoms with Crippen LogP contribution in [0.4, 0.5) is 14.6 Å². The summed E-state index contributed by atoms with van der Waals surface area (Å²) in [5, 5.41) is 2.29. The predicted molar refractivity (Wildman–Crippen MR) is 129 cm³/mol. The maximum absolute atomic E-state index is 15.3. The molecule has 2 heterocycles. The summed E-state index contributed by atoms with van der Waals surface area (Å²) >= 11 is 0. The van der Waals surface area contributed by atoms with Crippen molar-refractivity contribution in [1.29, 1.82) is 0 Å². The molecule has 1 amide bonds. The number of carbonyl (C=O) groups is 3. The maximum atomic E-state index is 15.3. The molecule has 0 saturated carbocycles. The van der Waals surface area contributed by atoms with Crippen LogP contribution in [0.25, 0.3) is 0 Å². The highest BCUT2D eigenvalue weighted by molar-refractivity contribution is 5.90. The highest BCUT2D eigenvalue weighted by Crippen LogP contribution is 2.41. The van der Waals surface area contributed by atoms with Crippen LogP contribution in [-0.4, -0.2) is 52.1 Å². The molecule has 1 aliphatic rings. The summed E-state index contributed by atoms with van der Waals surface area (Å²) < 4.78 is 47.4. The Morgan fingerprint density at radius 1 is 1.03 bits per heavy atom. The van der Waals surface area contributed by atoms with Gasteiger partial charge in [-0.15, -0.1) is 0 Å². The Kier molecular flexibility index (Phi) is 7.91. The van der Waals surface area contributed by atoms with Gasteiger partial charge in [0, 0.05) is 13.1 Å². The zero-order chi connectivity index (χ0) is 27.3. The van der Waals surface area contributed by atoms with Gasteiger partial charge in [0.05, 0.1) is 17.5 Å². The first kappa shape index (κ1) is 26.6. The summed E-state index contributed by atoms with van der Waals surface area (Å²) in [6.45, 7) is 0.656. The monoisotopic (exact) mass is 527 g/mol. The highest BCUT2D eigenvalue weighted by atomic mass is 19.3.